The van der Waals surface area contributed by atoms with E-state index in [-0.39, 0.29) is 24.3 Å². The molecule has 0 aliphatic carbocycles. The highest BCUT2D eigenvalue weighted by Gasteiger charge is 2.21. The van der Waals surface area contributed by atoms with Crippen molar-refractivity contribution >= 4 is 11.9 Å². The van der Waals surface area contributed by atoms with Gasteiger partial charge < -0.3 is 14.6 Å². The number of aromatic carboxylic acids is 1. The second-order valence-electron chi connectivity index (χ2n) is 7.73. The third-order valence-electron chi connectivity index (χ3n) is 5.42. The van der Waals surface area contributed by atoms with Crippen LogP contribution < -0.4 is 10.7 Å². The van der Waals surface area contributed by atoms with Crippen LogP contribution in [0.2, 0.25) is 0 Å². The Bertz CT molecular complexity index is 1210. The zero-order chi connectivity index (χ0) is 24.0. The second-order valence-corrected chi connectivity index (χ2v) is 7.73. The lowest BCUT2D eigenvalue weighted by Gasteiger charge is -2.16. The maximum atomic E-state index is 13.3. The molecular weight excluding hydrogens is 420 g/mol. The summed E-state index contributed by atoms with van der Waals surface area (Å²) in [5, 5.41) is 11.4. The molecule has 0 bridgehead atoms. The average Bonchev–Trinajstić information content (AvgIpc) is 2.80. The summed E-state index contributed by atoms with van der Waals surface area (Å²) in [6.45, 7) is 5.81. The highest BCUT2D eigenvalue weighted by molar-refractivity contribution is 5.94. The molecule has 0 fully saturated rings. The van der Waals surface area contributed by atoms with E-state index < -0.39 is 17.5 Å². The molecule has 3 aromatic rings. The van der Waals surface area contributed by atoms with Gasteiger partial charge in [0.15, 0.2) is 0 Å². The fourth-order valence-electron chi connectivity index (χ4n) is 3.73. The first-order valence-electron chi connectivity index (χ1n) is 11.0. The predicted octanol–water partition coefficient (Wildman–Crippen LogP) is 3.15. The monoisotopic (exact) mass is 447 g/mol. The Labute approximate surface area is 192 Å². The van der Waals surface area contributed by atoms with Crippen LogP contribution in [0.5, 0.6) is 0 Å². The number of esters is 1. The minimum Gasteiger partial charge on any atom is -0.545 e. The van der Waals surface area contributed by atoms with Crippen LogP contribution in [-0.2, 0) is 17.7 Å². The maximum Gasteiger partial charge on any atom is 0.345 e. The Hall–Kier alpha value is -3.74. The number of benzene rings is 2. The number of hydrogen-bond acceptors (Lipinski definition) is 6. The first kappa shape index (κ1) is 23.9. The van der Waals surface area contributed by atoms with Crippen LogP contribution in [-0.4, -0.2) is 28.1 Å². The van der Waals surface area contributed by atoms with Crippen molar-refractivity contribution < 1.29 is 19.4 Å². The molecule has 7 heteroatoms. The Balaban J connectivity index is 2.00. The number of aromatic nitrogens is 2. The van der Waals surface area contributed by atoms with Gasteiger partial charge in [-0.15, -0.1) is 0 Å². The lowest BCUT2D eigenvalue weighted by molar-refractivity contribution is -0.254. The number of carboxylic acid groups (broad SMARTS) is 1. The molecule has 0 saturated carbocycles. The Morgan fingerprint density at radius 3 is 2.39 bits per heavy atom. The molecule has 0 saturated heterocycles. The van der Waals surface area contributed by atoms with Gasteiger partial charge in [0.1, 0.15) is 11.4 Å². The molecule has 0 radical (unpaired) electrons. The van der Waals surface area contributed by atoms with E-state index in [0.717, 1.165) is 24.0 Å². The number of ether oxygens (including phenoxy) is 1. The molecule has 7 nitrogen and oxygen atoms in total. The highest BCUT2D eigenvalue weighted by Crippen LogP contribution is 2.24. The summed E-state index contributed by atoms with van der Waals surface area (Å²) in [5.74, 6) is -1.28. The summed E-state index contributed by atoms with van der Waals surface area (Å²) in [6.07, 6.45) is 2.43. The molecule has 0 atom stereocenters. The Morgan fingerprint density at radius 2 is 1.76 bits per heavy atom. The molecule has 0 aliphatic heterocycles. The number of nitrogens with zero attached hydrogens (tertiary/aromatic N) is 2. The van der Waals surface area contributed by atoms with E-state index in [9.17, 15) is 19.5 Å². The molecule has 0 unspecified atom stereocenters. The van der Waals surface area contributed by atoms with Crippen molar-refractivity contribution in [2.75, 3.05) is 6.61 Å². The molecule has 172 valence electrons. The van der Waals surface area contributed by atoms with Crippen molar-refractivity contribution in [1.29, 1.82) is 0 Å². The summed E-state index contributed by atoms with van der Waals surface area (Å²) in [4.78, 5) is 41.6. The first-order valence-corrected chi connectivity index (χ1v) is 11.0. The van der Waals surface area contributed by atoms with Crippen LogP contribution in [0.3, 0.4) is 0 Å². The zero-order valence-electron chi connectivity index (χ0n) is 19.1. The number of carboxylic acids is 1. The zero-order valence-corrected chi connectivity index (χ0v) is 19.1. The molecule has 1 aromatic heterocycles. The fraction of sp³-hybridized carbons (Fsp3) is 0.308. The van der Waals surface area contributed by atoms with Gasteiger partial charge in [-0.25, -0.2) is 9.78 Å². The molecule has 3 rings (SSSR count). The Morgan fingerprint density at radius 1 is 1.06 bits per heavy atom. The minimum absolute atomic E-state index is 0.0448. The van der Waals surface area contributed by atoms with E-state index in [1.54, 1.807) is 32.0 Å². The largest absolute Gasteiger partial charge is 0.545 e. The van der Waals surface area contributed by atoms with Crippen LogP contribution >= 0.6 is 0 Å². The van der Waals surface area contributed by atoms with Crippen molar-refractivity contribution in [3.8, 4) is 11.1 Å². The van der Waals surface area contributed by atoms with E-state index >= 15 is 0 Å². The van der Waals surface area contributed by atoms with Gasteiger partial charge in [-0.05, 0) is 37.0 Å². The lowest BCUT2D eigenvalue weighted by atomic mass is 9.98. The van der Waals surface area contributed by atoms with Crippen molar-refractivity contribution in [3.63, 3.8) is 0 Å². The fourth-order valence-corrected chi connectivity index (χ4v) is 3.73. The number of rotatable bonds is 9. The summed E-state index contributed by atoms with van der Waals surface area (Å²) < 4.78 is 6.59. The molecular formula is C26H27N2O5-. The predicted molar refractivity (Wildman–Crippen MR) is 123 cm³/mol. The summed E-state index contributed by atoms with van der Waals surface area (Å²) >= 11 is 0. The van der Waals surface area contributed by atoms with Crippen molar-refractivity contribution in [2.24, 2.45) is 0 Å². The van der Waals surface area contributed by atoms with E-state index in [0.29, 0.717) is 23.5 Å². The summed E-state index contributed by atoms with van der Waals surface area (Å²) in [6, 6.07) is 13.9. The van der Waals surface area contributed by atoms with Gasteiger partial charge in [0.2, 0.25) is 0 Å². The van der Waals surface area contributed by atoms with Gasteiger partial charge in [0, 0.05) is 12.0 Å². The SMILES string of the molecule is CCCCc1nc(C)c(C(=O)OCC)c(=O)n1Cc1ccc(-c2ccccc2C(=O)[O-])cc1. The number of aryl methyl sites for hydroxylation is 2. The topological polar surface area (TPSA) is 101 Å². The molecule has 33 heavy (non-hydrogen) atoms. The van der Waals surface area contributed by atoms with E-state index in [4.69, 9.17) is 4.74 Å². The van der Waals surface area contributed by atoms with Gasteiger partial charge in [0.25, 0.3) is 5.56 Å². The van der Waals surface area contributed by atoms with Gasteiger partial charge in [0.05, 0.1) is 24.8 Å². The van der Waals surface area contributed by atoms with E-state index in [2.05, 4.69) is 11.9 Å². The van der Waals surface area contributed by atoms with Crippen LogP contribution in [0.15, 0.2) is 53.3 Å². The standard InChI is InChI=1S/C26H28N2O5/c1-4-6-11-22-27-17(3)23(26(32)33-5-2)24(29)28(22)16-18-12-14-19(15-13-18)20-9-7-8-10-21(20)25(30)31/h7-10,12-15H,4-6,11,16H2,1-3H3,(H,30,31)/p-1. The summed E-state index contributed by atoms with van der Waals surface area (Å²) in [7, 11) is 0. The molecule has 0 amide bonds. The maximum absolute atomic E-state index is 13.3. The number of hydrogen-bond donors (Lipinski definition) is 0. The minimum atomic E-state index is -1.24. The number of carbonyl (C=O) groups excluding carboxylic acids is 2. The first-order chi connectivity index (χ1) is 15.9. The molecule has 0 N–H and O–H groups in total. The van der Waals surface area contributed by atoms with Crippen LogP contribution in [0.25, 0.3) is 11.1 Å². The average molecular weight is 448 g/mol. The van der Waals surface area contributed by atoms with Gasteiger partial charge >= 0.3 is 5.97 Å². The van der Waals surface area contributed by atoms with Crippen molar-refractivity contribution in [2.45, 2.75) is 46.6 Å². The molecule has 2 aromatic carbocycles. The van der Waals surface area contributed by atoms with Crippen LogP contribution in [0.1, 0.15) is 64.5 Å². The third-order valence-corrected chi connectivity index (χ3v) is 5.42. The second kappa shape index (κ2) is 10.7. The number of unbranched alkanes of at least 4 members (excludes halogenated alkanes) is 1. The molecule has 1 heterocycles. The van der Waals surface area contributed by atoms with Crippen molar-refractivity contribution in [3.05, 3.63) is 87.1 Å². The van der Waals surface area contributed by atoms with Gasteiger partial charge in [-0.2, -0.15) is 0 Å². The normalized spacial score (nSPS) is 10.8. The summed E-state index contributed by atoms with van der Waals surface area (Å²) in [5.41, 5.74) is 2.14. The smallest absolute Gasteiger partial charge is 0.345 e. The van der Waals surface area contributed by atoms with Crippen LogP contribution in [0.4, 0.5) is 0 Å². The van der Waals surface area contributed by atoms with Gasteiger partial charge in [-0.1, -0.05) is 61.9 Å². The van der Waals surface area contributed by atoms with Gasteiger partial charge in [-0.3, -0.25) is 9.36 Å². The Kier molecular flexibility index (Phi) is 7.77. The van der Waals surface area contributed by atoms with Crippen molar-refractivity contribution in [1.82, 2.24) is 9.55 Å². The van der Waals surface area contributed by atoms with Crippen LogP contribution in [0, 0.1) is 6.92 Å². The number of carbonyl (C=O) groups is 2. The lowest BCUT2D eigenvalue weighted by Crippen LogP contribution is -2.33. The molecule has 0 aliphatic rings. The molecule has 0 spiro atoms. The quantitative estimate of drug-likeness (QED) is 0.467. The van der Waals surface area contributed by atoms with E-state index in [1.165, 1.54) is 10.6 Å². The van der Waals surface area contributed by atoms with E-state index in [1.807, 2.05) is 24.3 Å². The third kappa shape index (κ3) is 5.37. The highest BCUT2D eigenvalue weighted by atomic mass is 16.5.